The van der Waals surface area contributed by atoms with Crippen LogP contribution in [-0.4, -0.2) is 52.2 Å². The number of methoxy groups -OCH3 is 2. The highest BCUT2D eigenvalue weighted by Crippen LogP contribution is 2.37. The summed E-state index contributed by atoms with van der Waals surface area (Å²) in [6.07, 6.45) is 3.39. The molecule has 0 saturated carbocycles. The maximum absolute atomic E-state index is 6.03. The molecule has 1 aliphatic rings. The molecule has 0 aliphatic carbocycles. The average Bonchev–Trinajstić information content (AvgIpc) is 3.47. The van der Waals surface area contributed by atoms with Crippen molar-refractivity contribution < 1.29 is 9.47 Å². The lowest BCUT2D eigenvalue weighted by Gasteiger charge is -2.35. The number of benzene rings is 3. The van der Waals surface area contributed by atoms with Gasteiger partial charge in [0.1, 0.15) is 28.8 Å². The summed E-state index contributed by atoms with van der Waals surface area (Å²) < 4.78 is 12.8. The van der Waals surface area contributed by atoms with Crippen LogP contribution in [0.4, 0.5) is 17.5 Å². The molecule has 2 N–H and O–H groups in total. The Morgan fingerprint density at radius 3 is 2.48 bits per heavy atom. The molecule has 214 valence electrons. The molecule has 10 heteroatoms. The lowest BCUT2D eigenvalue weighted by molar-refractivity contribution is 0.229. The van der Waals surface area contributed by atoms with Crippen LogP contribution in [0.1, 0.15) is 28.3 Å². The number of rotatable bonds is 9. The van der Waals surface area contributed by atoms with Crippen LogP contribution in [0.5, 0.6) is 11.5 Å². The van der Waals surface area contributed by atoms with Gasteiger partial charge in [-0.3, -0.25) is 4.90 Å². The Labute approximate surface area is 250 Å². The van der Waals surface area contributed by atoms with Gasteiger partial charge >= 0.3 is 0 Å². The number of imidazole rings is 1. The fourth-order valence-corrected chi connectivity index (χ4v) is 5.58. The Balaban J connectivity index is 1.33. The Bertz CT molecular complexity index is 1670. The van der Waals surface area contributed by atoms with Crippen molar-refractivity contribution in [2.24, 2.45) is 0 Å². The van der Waals surface area contributed by atoms with Gasteiger partial charge in [0.25, 0.3) is 0 Å². The van der Waals surface area contributed by atoms with Crippen molar-refractivity contribution in [2.75, 3.05) is 38.4 Å². The lowest BCUT2D eigenvalue weighted by atomic mass is 9.88. The van der Waals surface area contributed by atoms with Crippen LogP contribution < -0.4 is 20.1 Å². The molecular weight excluding hydrogens is 550 g/mol. The number of hydrogen-bond acceptors (Lipinski definition) is 8. The Hall–Kier alpha value is -4.60. The van der Waals surface area contributed by atoms with Crippen LogP contribution in [0.3, 0.4) is 0 Å². The maximum atomic E-state index is 6.03. The van der Waals surface area contributed by atoms with E-state index in [1.54, 1.807) is 26.7 Å². The number of nitrogens with zero attached hydrogens (tertiary/aromatic N) is 5. The minimum absolute atomic E-state index is 0.0757. The summed E-state index contributed by atoms with van der Waals surface area (Å²) in [7, 11) is 5.23. The molecule has 6 rings (SSSR count). The van der Waals surface area contributed by atoms with Crippen molar-refractivity contribution in [1.82, 2.24) is 24.4 Å². The van der Waals surface area contributed by atoms with Crippen LogP contribution in [0, 0.1) is 0 Å². The van der Waals surface area contributed by atoms with Crippen molar-refractivity contribution in [3.8, 4) is 17.2 Å². The molecule has 1 unspecified atom stereocenters. The van der Waals surface area contributed by atoms with E-state index in [-0.39, 0.29) is 5.92 Å². The Morgan fingerprint density at radius 1 is 0.976 bits per heavy atom. The summed E-state index contributed by atoms with van der Waals surface area (Å²) in [5, 5.41) is 7.14. The minimum Gasteiger partial charge on any atom is -0.497 e. The molecular formula is C32H32ClN7O2. The van der Waals surface area contributed by atoms with Crippen LogP contribution in [-0.2, 0) is 13.1 Å². The lowest BCUT2D eigenvalue weighted by Crippen LogP contribution is -2.35. The first-order valence-corrected chi connectivity index (χ1v) is 14.1. The zero-order valence-corrected chi connectivity index (χ0v) is 24.5. The highest BCUT2D eigenvalue weighted by molar-refractivity contribution is 6.29. The van der Waals surface area contributed by atoms with Crippen molar-refractivity contribution in [3.63, 3.8) is 0 Å². The predicted molar refractivity (Wildman–Crippen MR) is 165 cm³/mol. The van der Waals surface area contributed by atoms with Gasteiger partial charge in [-0.25, -0.2) is 9.97 Å². The van der Waals surface area contributed by atoms with Gasteiger partial charge in [0.2, 0.25) is 5.95 Å². The van der Waals surface area contributed by atoms with Gasteiger partial charge in [0, 0.05) is 56.1 Å². The van der Waals surface area contributed by atoms with Crippen molar-refractivity contribution >= 4 is 29.1 Å². The van der Waals surface area contributed by atoms with Gasteiger partial charge in [0.05, 0.1) is 25.6 Å². The van der Waals surface area contributed by atoms with Crippen molar-refractivity contribution in [2.45, 2.75) is 19.0 Å². The number of fused-ring (bicyclic) bond motifs is 1. The third-order valence-corrected chi connectivity index (χ3v) is 7.66. The van der Waals surface area contributed by atoms with E-state index in [1.807, 2.05) is 48.0 Å². The van der Waals surface area contributed by atoms with Crippen molar-refractivity contribution in [3.05, 3.63) is 113 Å². The van der Waals surface area contributed by atoms with Gasteiger partial charge < -0.3 is 24.7 Å². The van der Waals surface area contributed by atoms with E-state index in [2.05, 4.69) is 56.9 Å². The predicted octanol–water partition coefficient (Wildman–Crippen LogP) is 6.27. The second-order valence-corrected chi connectivity index (χ2v) is 10.5. The summed E-state index contributed by atoms with van der Waals surface area (Å²) in [4.78, 5) is 16.5. The molecule has 0 fully saturated rings. The molecule has 1 aliphatic heterocycles. The number of nitrogens with one attached hydrogen (secondary N) is 2. The van der Waals surface area contributed by atoms with E-state index in [0.29, 0.717) is 16.9 Å². The summed E-state index contributed by atoms with van der Waals surface area (Å²) in [5.74, 6) is 2.92. The highest BCUT2D eigenvalue weighted by Gasteiger charge is 2.31. The molecule has 2 aromatic heterocycles. The van der Waals surface area contributed by atoms with E-state index in [1.165, 1.54) is 11.1 Å². The molecule has 5 aromatic rings. The topological polar surface area (TPSA) is 89.4 Å². The summed E-state index contributed by atoms with van der Waals surface area (Å²) in [6, 6.07) is 24.6. The summed E-state index contributed by atoms with van der Waals surface area (Å²) in [6.45, 7) is 2.37. The Kier molecular flexibility index (Phi) is 7.94. The van der Waals surface area contributed by atoms with Crippen LogP contribution >= 0.6 is 11.6 Å². The van der Waals surface area contributed by atoms with Gasteiger partial charge in [-0.05, 0) is 35.4 Å². The molecule has 1 atom stereocenters. The fourth-order valence-electron chi connectivity index (χ4n) is 5.43. The smallest absolute Gasteiger partial charge is 0.229 e. The Morgan fingerprint density at radius 2 is 1.79 bits per heavy atom. The standard InChI is InChI=1S/C32H32ClN7O2/c1-34-31-26-18-39(16-21-9-12-24(41-2)13-10-21)17-25(22-7-5-4-6-8-22)30(26)37-32(38-31)36-23-11-14-27(28(15-23)42-3)40-19-29(33)35-20-40/h4-15,19-20,25H,16-18H2,1-3H3,(H2,34,36,37,38). The van der Waals surface area contributed by atoms with Gasteiger partial charge in [-0.2, -0.15) is 4.98 Å². The third kappa shape index (κ3) is 5.74. The fraction of sp³-hybridized carbons (Fsp3) is 0.219. The number of ether oxygens (including phenoxy) is 2. The van der Waals surface area contributed by atoms with Crippen LogP contribution in [0.25, 0.3) is 5.69 Å². The molecule has 3 aromatic carbocycles. The number of halogens is 1. The second-order valence-electron chi connectivity index (χ2n) is 10.1. The zero-order chi connectivity index (χ0) is 29.1. The monoisotopic (exact) mass is 581 g/mol. The summed E-state index contributed by atoms with van der Waals surface area (Å²) >= 11 is 6.03. The number of aromatic nitrogens is 4. The third-order valence-electron chi connectivity index (χ3n) is 7.46. The van der Waals surface area contributed by atoms with E-state index >= 15 is 0 Å². The number of anilines is 3. The normalized spacial score (nSPS) is 14.7. The zero-order valence-electron chi connectivity index (χ0n) is 23.7. The first-order chi connectivity index (χ1) is 20.5. The molecule has 0 bridgehead atoms. The maximum Gasteiger partial charge on any atom is 0.229 e. The second kappa shape index (κ2) is 12.1. The highest BCUT2D eigenvalue weighted by atomic mass is 35.5. The van der Waals surface area contributed by atoms with Crippen LogP contribution in [0.2, 0.25) is 5.15 Å². The molecule has 0 radical (unpaired) electrons. The molecule has 0 spiro atoms. The van der Waals surface area contributed by atoms with Gasteiger partial charge in [0.15, 0.2) is 0 Å². The minimum atomic E-state index is 0.0757. The molecule has 9 nitrogen and oxygen atoms in total. The molecule has 3 heterocycles. The average molecular weight is 582 g/mol. The quantitative estimate of drug-likeness (QED) is 0.211. The first kappa shape index (κ1) is 27.6. The SMILES string of the molecule is CNc1nc(Nc2ccc(-n3cnc(Cl)c3)c(OC)c2)nc2c1CN(Cc1ccc(OC)cc1)CC2c1ccccc1. The van der Waals surface area contributed by atoms with Crippen molar-refractivity contribution in [1.29, 1.82) is 0 Å². The van der Waals surface area contributed by atoms with E-state index < -0.39 is 0 Å². The molecule has 42 heavy (non-hydrogen) atoms. The van der Waals surface area contributed by atoms with E-state index in [9.17, 15) is 0 Å². The first-order valence-electron chi connectivity index (χ1n) is 13.7. The van der Waals surface area contributed by atoms with E-state index in [0.717, 1.165) is 53.8 Å². The van der Waals surface area contributed by atoms with E-state index in [4.69, 9.17) is 31.0 Å². The molecule has 0 saturated heterocycles. The summed E-state index contributed by atoms with van der Waals surface area (Å²) in [5.41, 5.74) is 6.19. The van der Waals surface area contributed by atoms with Gasteiger partial charge in [-0.1, -0.05) is 54.1 Å². The van der Waals surface area contributed by atoms with Gasteiger partial charge in [-0.15, -0.1) is 0 Å². The number of hydrogen-bond donors (Lipinski definition) is 2. The largest absolute Gasteiger partial charge is 0.497 e. The van der Waals surface area contributed by atoms with Crippen LogP contribution in [0.15, 0.2) is 85.3 Å². The molecule has 0 amide bonds.